The highest BCUT2D eigenvalue weighted by atomic mass is 16.7. The number of para-hydroxylation sites is 1. The van der Waals surface area contributed by atoms with Gasteiger partial charge in [0.2, 0.25) is 0 Å². The molecule has 0 radical (unpaired) electrons. The summed E-state index contributed by atoms with van der Waals surface area (Å²) in [5.41, 5.74) is 0. The maximum absolute atomic E-state index is 11.9. The first kappa shape index (κ1) is 21.4. The molecule has 0 aliphatic heterocycles. The monoisotopic (exact) mass is 354 g/mol. The Morgan fingerprint density at radius 2 is 1.68 bits per heavy atom. The van der Waals surface area contributed by atoms with Gasteiger partial charge in [-0.25, -0.2) is 4.79 Å². The molecule has 142 valence electrons. The molecule has 0 fully saturated rings. The van der Waals surface area contributed by atoms with Crippen LogP contribution in [0, 0.1) is 0 Å². The molecule has 6 nitrogen and oxygen atoms in total. The molecule has 0 aliphatic carbocycles. The van der Waals surface area contributed by atoms with E-state index in [0.717, 1.165) is 12.8 Å². The number of carboxylic acids is 1. The molecule has 1 rings (SSSR count). The Labute approximate surface area is 150 Å². The van der Waals surface area contributed by atoms with Crippen molar-refractivity contribution in [3.05, 3.63) is 30.3 Å². The average molecular weight is 354 g/mol. The van der Waals surface area contributed by atoms with Crippen LogP contribution in [0.3, 0.4) is 0 Å². The molecular weight excluding hydrogens is 324 g/mol. The lowest BCUT2D eigenvalue weighted by atomic mass is 10.1. The van der Waals surface area contributed by atoms with Crippen molar-refractivity contribution < 1.29 is 28.8 Å². The average Bonchev–Trinajstić information content (AvgIpc) is 2.61. The Kier molecular flexibility index (Phi) is 10.9. The number of carbonyl (C=O) groups is 1. The van der Waals surface area contributed by atoms with Crippen molar-refractivity contribution in [2.75, 3.05) is 33.0 Å². The number of hydrogen-bond acceptors (Lipinski definition) is 5. The van der Waals surface area contributed by atoms with E-state index in [1.165, 1.54) is 0 Å². The van der Waals surface area contributed by atoms with Crippen molar-refractivity contribution in [1.29, 1.82) is 0 Å². The largest absolute Gasteiger partial charge is 0.476 e. The Balaban J connectivity index is 2.63. The van der Waals surface area contributed by atoms with Gasteiger partial charge in [-0.15, -0.1) is 0 Å². The van der Waals surface area contributed by atoms with Crippen LogP contribution < -0.4 is 4.74 Å². The van der Waals surface area contributed by atoms with Gasteiger partial charge < -0.3 is 24.1 Å². The maximum Gasteiger partial charge on any atom is 0.377 e. The molecule has 0 bridgehead atoms. The van der Waals surface area contributed by atoms with Crippen molar-refractivity contribution in [2.24, 2.45) is 0 Å². The van der Waals surface area contributed by atoms with Crippen molar-refractivity contribution in [2.45, 2.75) is 45.3 Å². The van der Waals surface area contributed by atoms with E-state index in [1.54, 1.807) is 24.3 Å². The van der Waals surface area contributed by atoms with Crippen molar-refractivity contribution in [3.63, 3.8) is 0 Å². The maximum atomic E-state index is 11.9. The highest BCUT2D eigenvalue weighted by molar-refractivity contribution is 5.76. The smallest absolute Gasteiger partial charge is 0.377 e. The van der Waals surface area contributed by atoms with Gasteiger partial charge in [0.25, 0.3) is 0 Å². The zero-order chi connectivity index (χ0) is 18.4. The highest BCUT2D eigenvalue weighted by Gasteiger charge is 2.42. The third kappa shape index (κ3) is 8.34. The SMILES string of the molecule is CCCCCC(OCCOCCOCC)(Oc1ccccc1)C(=O)O. The second-order valence-corrected chi connectivity index (χ2v) is 5.59. The molecule has 6 heteroatoms. The third-order valence-electron chi connectivity index (χ3n) is 3.60. The molecule has 0 spiro atoms. The molecule has 0 amide bonds. The molecule has 0 saturated carbocycles. The Bertz CT molecular complexity index is 464. The molecule has 1 unspecified atom stereocenters. The Hall–Kier alpha value is -1.63. The first-order valence-electron chi connectivity index (χ1n) is 8.91. The van der Waals surface area contributed by atoms with E-state index in [2.05, 4.69) is 6.92 Å². The summed E-state index contributed by atoms with van der Waals surface area (Å²) in [7, 11) is 0. The number of rotatable bonds is 15. The van der Waals surface area contributed by atoms with Crippen molar-refractivity contribution >= 4 is 5.97 Å². The summed E-state index contributed by atoms with van der Waals surface area (Å²) in [6, 6.07) is 8.88. The quantitative estimate of drug-likeness (QED) is 0.384. The zero-order valence-corrected chi connectivity index (χ0v) is 15.2. The van der Waals surface area contributed by atoms with E-state index < -0.39 is 11.8 Å². The van der Waals surface area contributed by atoms with Crippen LogP contribution in [-0.2, 0) is 19.0 Å². The van der Waals surface area contributed by atoms with Gasteiger partial charge in [-0.2, -0.15) is 0 Å². The molecule has 0 aromatic heterocycles. The number of unbranched alkanes of at least 4 members (excludes halogenated alkanes) is 2. The number of aliphatic carboxylic acids is 1. The molecular formula is C19H30O6. The predicted molar refractivity (Wildman–Crippen MR) is 94.8 cm³/mol. The highest BCUT2D eigenvalue weighted by Crippen LogP contribution is 2.26. The number of benzene rings is 1. The van der Waals surface area contributed by atoms with Gasteiger partial charge in [0.15, 0.2) is 0 Å². The summed E-state index contributed by atoms with van der Waals surface area (Å²) < 4.78 is 22.0. The molecule has 1 aromatic rings. The van der Waals surface area contributed by atoms with Crippen molar-refractivity contribution in [1.82, 2.24) is 0 Å². The van der Waals surface area contributed by atoms with Crippen LogP contribution in [0.1, 0.15) is 39.5 Å². The normalized spacial score (nSPS) is 13.4. The van der Waals surface area contributed by atoms with E-state index in [0.29, 0.717) is 32.0 Å². The van der Waals surface area contributed by atoms with Gasteiger partial charge in [-0.3, -0.25) is 0 Å². The fraction of sp³-hybridized carbons (Fsp3) is 0.632. The summed E-state index contributed by atoms with van der Waals surface area (Å²) in [6.45, 7) is 6.01. The third-order valence-corrected chi connectivity index (χ3v) is 3.60. The van der Waals surface area contributed by atoms with E-state index in [1.807, 2.05) is 13.0 Å². The second kappa shape index (κ2) is 12.7. The Morgan fingerprint density at radius 1 is 1.00 bits per heavy atom. The lowest BCUT2D eigenvalue weighted by molar-refractivity contribution is -0.218. The van der Waals surface area contributed by atoms with Crippen molar-refractivity contribution in [3.8, 4) is 5.75 Å². The van der Waals surface area contributed by atoms with E-state index in [4.69, 9.17) is 18.9 Å². The molecule has 0 saturated heterocycles. The van der Waals surface area contributed by atoms with Gasteiger partial charge in [-0.1, -0.05) is 38.0 Å². The second-order valence-electron chi connectivity index (χ2n) is 5.59. The van der Waals surface area contributed by atoms with Gasteiger partial charge >= 0.3 is 11.8 Å². The first-order chi connectivity index (χ1) is 12.1. The Morgan fingerprint density at radius 3 is 2.32 bits per heavy atom. The van der Waals surface area contributed by atoms with Gasteiger partial charge in [0.1, 0.15) is 5.75 Å². The first-order valence-corrected chi connectivity index (χ1v) is 8.91. The van der Waals surface area contributed by atoms with Gasteiger partial charge in [-0.05, 0) is 25.5 Å². The van der Waals surface area contributed by atoms with Crippen LogP contribution >= 0.6 is 0 Å². The van der Waals surface area contributed by atoms with Crippen LogP contribution in [0.15, 0.2) is 30.3 Å². The molecule has 1 atom stereocenters. The summed E-state index contributed by atoms with van der Waals surface area (Å²) in [6.07, 6.45) is 2.90. The van der Waals surface area contributed by atoms with E-state index >= 15 is 0 Å². The van der Waals surface area contributed by atoms with Gasteiger partial charge in [0, 0.05) is 13.0 Å². The van der Waals surface area contributed by atoms with Crippen LogP contribution in [0.25, 0.3) is 0 Å². The van der Waals surface area contributed by atoms with Crippen LogP contribution in [-0.4, -0.2) is 49.9 Å². The minimum atomic E-state index is -1.69. The summed E-state index contributed by atoms with van der Waals surface area (Å²) >= 11 is 0. The minimum absolute atomic E-state index is 0.136. The summed E-state index contributed by atoms with van der Waals surface area (Å²) in [5.74, 6) is -2.35. The molecule has 0 aliphatic rings. The van der Waals surface area contributed by atoms with E-state index in [-0.39, 0.29) is 19.6 Å². The molecule has 1 aromatic carbocycles. The van der Waals surface area contributed by atoms with Gasteiger partial charge in [0.05, 0.1) is 26.4 Å². The zero-order valence-electron chi connectivity index (χ0n) is 15.2. The predicted octanol–water partition coefficient (Wildman–Crippen LogP) is 3.50. The van der Waals surface area contributed by atoms with Crippen LogP contribution in [0.5, 0.6) is 5.75 Å². The number of hydrogen-bond donors (Lipinski definition) is 1. The number of carboxylic acid groups (broad SMARTS) is 1. The molecule has 25 heavy (non-hydrogen) atoms. The van der Waals surface area contributed by atoms with E-state index in [9.17, 15) is 9.90 Å². The molecule has 0 heterocycles. The fourth-order valence-electron chi connectivity index (χ4n) is 2.28. The summed E-state index contributed by atoms with van der Waals surface area (Å²) in [5, 5.41) is 9.75. The molecule has 1 N–H and O–H groups in total. The lowest BCUT2D eigenvalue weighted by Crippen LogP contribution is -2.48. The fourth-order valence-corrected chi connectivity index (χ4v) is 2.28. The van der Waals surface area contributed by atoms with Crippen LogP contribution in [0.4, 0.5) is 0 Å². The standard InChI is InChI=1S/C19H30O6/c1-3-5-9-12-19(18(20)21,25-17-10-7-6-8-11-17)24-16-15-23-14-13-22-4-2/h6-8,10-11H,3-5,9,12-16H2,1-2H3,(H,20,21). The number of ether oxygens (including phenoxy) is 4. The van der Waals surface area contributed by atoms with Crippen LogP contribution in [0.2, 0.25) is 0 Å². The minimum Gasteiger partial charge on any atom is -0.476 e. The lowest BCUT2D eigenvalue weighted by Gasteiger charge is -2.30. The topological polar surface area (TPSA) is 74.2 Å². The summed E-state index contributed by atoms with van der Waals surface area (Å²) in [4.78, 5) is 11.9.